The molecule has 136 valence electrons. The Morgan fingerprint density at radius 3 is 2.36 bits per heavy atom. The molecule has 0 saturated carbocycles. The van der Waals surface area contributed by atoms with Crippen molar-refractivity contribution in [3.05, 3.63) is 29.8 Å². The van der Waals surface area contributed by atoms with E-state index in [1.54, 1.807) is 11.0 Å². The third-order valence-electron chi connectivity index (χ3n) is 3.91. The van der Waals surface area contributed by atoms with Crippen molar-refractivity contribution in [2.75, 3.05) is 33.3 Å². The molecule has 1 aliphatic heterocycles. The van der Waals surface area contributed by atoms with E-state index in [9.17, 15) is 18.0 Å². The maximum Gasteiger partial charge on any atom is 0.328 e. The molecule has 1 aromatic rings. The fourth-order valence-electron chi connectivity index (χ4n) is 2.55. The van der Waals surface area contributed by atoms with Gasteiger partial charge in [-0.3, -0.25) is 4.79 Å². The number of carbonyl (C=O) groups excluding carboxylic acids is 1. The van der Waals surface area contributed by atoms with Crippen molar-refractivity contribution in [1.29, 1.82) is 0 Å². The molecule has 1 saturated heterocycles. The lowest BCUT2D eigenvalue weighted by atomic mass is 10.2. The summed E-state index contributed by atoms with van der Waals surface area (Å²) in [6, 6.07) is 4.44. The quantitative estimate of drug-likeness (QED) is 0.765. The third kappa shape index (κ3) is 4.37. The Morgan fingerprint density at radius 2 is 1.84 bits per heavy atom. The van der Waals surface area contributed by atoms with Gasteiger partial charge in [-0.1, -0.05) is 6.07 Å². The van der Waals surface area contributed by atoms with Crippen LogP contribution in [-0.4, -0.2) is 67.9 Å². The van der Waals surface area contributed by atoms with Crippen LogP contribution in [0.3, 0.4) is 0 Å². The van der Waals surface area contributed by atoms with E-state index in [1.165, 1.54) is 36.5 Å². The zero-order valence-electron chi connectivity index (χ0n) is 14.0. The average molecular weight is 368 g/mol. The monoisotopic (exact) mass is 368 g/mol. The van der Waals surface area contributed by atoms with Gasteiger partial charge in [-0.05, 0) is 23.8 Å². The van der Waals surface area contributed by atoms with E-state index in [0.717, 1.165) is 6.08 Å². The summed E-state index contributed by atoms with van der Waals surface area (Å²) in [5.74, 6) is -1.03. The summed E-state index contributed by atoms with van der Waals surface area (Å²) < 4.78 is 32.3. The summed E-state index contributed by atoms with van der Waals surface area (Å²) in [4.78, 5) is 23.6. The number of aliphatic carboxylic acids is 1. The van der Waals surface area contributed by atoms with Crippen LogP contribution in [0.5, 0.6) is 5.75 Å². The van der Waals surface area contributed by atoms with E-state index >= 15 is 0 Å². The van der Waals surface area contributed by atoms with Crippen molar-refractivity contribution in [3.8, 4) is 5.75 Å². The lowest BCUT2D eigenvalue weighted by Gasteiger charge is -2.33. The molecule has 2 rings (SSSR count). The Bertz CT molecular complexity index is 795. The molecule has 1 fully saturated rings. The molecule has 1 N–H and O–H groups in total. The van der Waals surface area contributed by atoms with Gasteiger partial charge in [0.1, 0.15) is 10.6 Å². The topological polar surface area (TPSA) is 104 Å². The molecule has 25 heavy (non-hydrogen) atoms. The zero-order chi connectivity index (χ0) is 18.6. The minimum Gasteiger partial charge on any atom is -0.495 e. The van der Waals surface area contributed by atoms with Gasteiger partial charge in [0.2, 0.25) is 15.9 Å². The van der Waals surface area contributed by atoms with Gasteiger partial charge >= 0.3 is 5.97 Å². The van der Waals surface area contributed by atoms with Crippen molar-refractivity contribution in [2.24, 2.45) is 0 Å². The lowest BCUT2D eigenvalue weighted by Crippen LogP contribution is -2.49. The first kappa shape index (κ1) is 18.9. The van der Waals surface area contributed by atoms with Crippen LogP contribution < -0.4 is 4.74 Å². The van der Waals surface area contributed by atoms with Gasteiger partial charge in [0.05, 0.1) is 7.11 Å². The zero-order valence-corrected chi connectivity index (χ0v) is 14.8. The smallest absolute Gasteiger partial charge is 0.328 e. The van der Waals surface area contributed by atoms with E-state index < -0.39 is 16.0 Å². The number of hydrogen-bond acceptors (Lipinski definition) is 5. The second-order valence-corrected chi connectivity index (χ2v) is 7.40. The summed E-state index contributed by atoms with van der Waals surface area (Å²) in [6.45, 7) is 2.50. The molecule has 1 heterocycles. The van der Waals surface area contributed by atoms with E-state index in [0.29, 0.717) is 18.7 Å². The van der Waals surface area contributed by atoms with Crippen LogP contribution in [0.15, 0.2) is 29.2 Å². The summed E-state index contributed by atoms with van der Waals surface area (Å²) in [6.07, 6.45) is 2.25. The summed E-state index contributed by atoms with van der Waals surface area (Å²) in [5.41, 5.74) is 0.434. The molecule has 0 atom stereocenters. The number of amides is 1. The molecule has 1 aliphatic rings. The molecular weight excluding hydrogens is 348 g/mol. The first-order valence-corrected chi connectivity index (χ1v) is 9.04. The standard InChI is InChI=1S/C16H20N2O6S/c1-12(19)17-7-9-18(10-8-17)25(22,23)15-11-13(4-6-16(20)21)3-5-14(15)24-2/h3-6,11H,7-10H2,1-2H3,(H,20,21)/b6-4+. The summed E-state index contributed by atoms with van der Waals surface area (Å²) >= 11 is 0. The Hall–Kier alpha value is -2.39. The van der Waals surface area contributed by atoms with Crippen LogP contribution in [0.25, 0.3) is 6.08 Å². The first-order valence-electron chi connectivity index (χ1n) is 7.60. The van der Waals surface area contributed by atoms with Gasteiger partial charge in [-0.2, -0.15) is 4.31 Å². The van der Waals surface area contributed by atoms with Gasteiger partial charge in [0.25, 0.3) is 0 Å². The fourth-order valence-corrected chi connectivity index (χ4v) is 4.16. The second-order valence-electron chi connectivity index (χ2n) is 5.49. The number of carboxylic acids is 1. The van der Waals surface area contributed by atoms with Crippen molar-refractivity contribution >= 4 is 28.0 Å². The molecule has 1 aromatic carbocycles. The molecule has 9 heteroatoms. The molecule has 8 nitrogen and oxygen atoms in total. The van der Waals surface area contributed by atoms with Crippen LogP contribution in [-0.2, 0) is 19.6 Å². The number of carbonyl (C=O) groups is 2. The Morgan fingerprint density at radius 1 is 1.20 bits per heavy atom. The van der Waals surface area contributed by atoms with Crippen molar-refractivity contribution in [2.45, 2.75) is 11.8 Å². The molecule has 0 unspecified atom stereocenters. The minimum atomic E-state index is -3.83. The highest BCUT2D eigenvalue weighted by molar-refractivity contribution is 7.89. The predicted octanol–water partition coefficient (Wildman–Crippen LogP) is 0.646. The average Bonchev–Trinajstić information content (AvgIpc) is 2.59. The van der Waals surface area contributed by atoms with E-state index in [1.807, 2.05) is 0 Å². The van der Waals surface area contributed by atoms with Crippen LogP contribution >= 0.6 is 0 Å². The van der Waals surface area contributed by atoms with Gasteiger partial charge in [-0.15, -0.1) is 0 Å². The predicted molar refractivity (Wildman–Crippen MR) is 90.7 cm³/mol. The number of benzene rings is 1. The van der Waals surface area contributed by atoms with Gasteiger partial charge in [-0.25, -0.2) is 13.2 Å². The van der Waals surface area contributed by atoms with Crippen LogP contribution in [0.4, 0.5) is 0 Å². The Balaban J connectivity index is 2.33. The molecule has 1 amide bonds. The number of hydrogen-bond donors (Lipinski definition) is 1. The van der Waals surface area contributed by atoms with Crippen molar-refractivity contribution in [3.63, 3.8) is 0 Å². The van der Waals surface area contributed by atoms with Crippen LogP contribution in [0.2, 0.25) is 0 Å². The summed E-state index contributed by atoms with van der Waals surface area (Å²) in [5, 5.41) is 8.71. The second kappa shape index (κ2) is 7.66. The van der Waals surface area contributed by atoms with E-state index in [4.69, 9.17) is 9.84 Å². The molecule has 0 aromatic heterocycles. The van der Waals surface area contributed by atoms with Gasteiger partial charge in [0, 0.05) is 39.2 Å². The third-order valence-corrected chi connectivity index (χ3v) is 5.83. The summed E-state index contributed by atoms with van der Waals surface area (Å²) in [7, 11) is -2.46. The SMILES string of the molecule is COc1ccc(/C=C/C(=O)O)cc1S(=O)(=O)N1CCN(C(C)=O)CC1. The fraction of sp³-hybridized carbons (Fsp3) is 0.375. The minimum absolute atomic E-state index is 0.0289. The number of sulfonamides is 1. The van der Waals surface area contributed by atoms with E-state index in [2.05, 4.69) is 0 Å². The molecule has 0 bridgehead atoms. The van der Waals surface area contributed by atoms with Crippen molar-refractivity contribution in [1.82, 2.24) is 9.21 Å². The largest absolute Gasteiger partial charge is 0.495 e. The van der Waals surface area contributed by atoms with Gasteiger partial charge in [0.15, 0.2) is 0 Å². The Labute approximate surface area is 146 Å². The van der Waals surface area contributed by atoms with Gasteiger partial charge < -0.3 is 14.7 Å². The van der Waals surface area contributed by atoms with Crippen LogP contribution in [0.1, 0.15) is 12.5 Å². The maximum atomic E-state index is 12.9. The number of ether oxygens (including phenoxy) is 1. The number of carboxylic acid groups (broad SMARTS) is 1. The molecular formula is C16H20N2O6S. The molecule has 0 spiro atoms. The highest BCUT2D eigenvalue weighted by atomic mass is 32.2. The number of methoxy groups -OCH3 is 1. The highest BCUT2D eigenvalue weighted by Crippen LogP contribution is 2.29. The number of piperazine rings is 1. The normalized spacial score (nSPS) is 16.2. The number of rotatable bonds is 5. The molecule has 0 aliphatic carbocycles. The number of nitrogens with zero attached hydrogens (tertiary/aromatic N) is 2. The van der Waals surface area contributed by atoms with Crippen LogP contribution in [0, 0.1) is 0 Å². The van der Waals surface area contributed by atoms with Crippen molar-refractivity contribution < 1.29 is 27.9 Å². The lowest BCUT2D eigenvalue weighted by molar-refractivity contribution is -0.131. The molecule has 0 radical (unpaired) electrons. The Kier molecular flexibility index (Phi) is 5.81. The van der Waals surface area contributed by atoms with E-state index in [-0.39, 0.29) is 29.6 Å². The first-order chi connectivity index (χ1) is 11.8. The maximum absolute atomic E-state index is 12.9. The highest BCUT2D eigenvalue weighted by Gasteiger charge is 2.31.